The number of nitrogens with zero attached hydrogens (tertiary/aromatic N) is 4. The molecule has 14 unspecified atom stereocenters. The van der Waals surface area contributed by atoms with E-state index in [1.54, 1.807) is 12.1 Å². The van der Waals surface area contributed by atoms with Gasteiger partial charge in [0.25, 0.3) is 24.1 Å². The molecule has 0 bridgehead atoms. The average Bonchev–Trinajstić information content (AvgIpc) is 1.72. The number of unbranched alkanes of at least 4 members (excludes halogenated alkanes) is 2. The Kier molecular flexibility index (Phi) is 24.2. The Morgan fingerprint density at radius 3 is 2.12 bits per heavy atom. The van der Waals surface area contributed by atoms with Gasteiger partial charge in [-0.05, 0) is 78.6 Å². The molecule has 3 aliphatic rings. The van der Waals surface area contributed by atoms with Gasteiger partial charge in [0.2, 0.25) is 47.2 Å². The SMILES string of the molecule is CCCCCOc1ccc(-c2ccc(-c3nnc(-c4ccc(C(=O)NC5CC(O)CNC(=O)C6C(O)C(C)CN6C(=O)C(C(O)CC(N)=O)NC(=O)C(C(O)C(O)c6ccc(O)c(OSOOO)c6)NC(=O)C6CC(O)CN6C(=O)C(C(C)O)NC5=O)s4)o3)cc2)cc1. The van der Waals surface area contributed by atoms with Crippen molar-refractivity contribution in [1.82, 2.24) is 46.6 Å². The molecule has 0 aliphatic carbocycles. The monoisotopic (exact) mass is 1340 g/mol. The van der Waals surface area contributed by atoms with Crippen molar-refractivity contribution in [3.8, 4) is 50.6 Å². The van der Waals surface area contributed by atoms with Gasteiger partial charge in [-0.15, -0.1) is 21.5 Å². The number of aliphatic hydroxyl groups is 7. The van der Waals surface area contributed by atoms with Crippen molar-refractivity contribution in [1.29, 1.82) is 0 Å². The Morgan fingerprint density at radius 2 is 1.44 bits per heavy atom. The third-order valence-corrected chi connectivity index (χ3v) is 17.2. The van der Waals surface area contributed by atoms with Crippen molar-refractivity contribution < 1.29 is 107 Å². The van der Waals surface area contributed by atoms with Crippen molar-refractivity contribution in [3.63, 3.8) is 0 Å². The molecule has 0 saturated carbocycles. The number of primary amides is 1. The second-order valence-corrected chi connectivity index (χ2v) is 24.1. The van der Waals surface area contributed by atoms with Crippen LogP contribution in [0, 0.1) is 5.92 Å². The number of thiophene rings is 1. The van der Waals surface area contributed by atoms with E-state index < -0.39 is 183 Å². The molecule has 5 heterocycles. The lowest BCUT2D eigenvalue weighted by Crippen LogP contribution is -2.64. The quantitative estimate of drug-likeness (QED) is 0.0183. The Bertz CT molecular complexity index is 3450. The number of carbonyl (C=O) groups is 8. The van der Waals surface area contributed by atoms with Crippen LogP contribution in [0.15, 0.2) is 83.3 Å². The standard InChI is InChI=1S/C59H72N10O22S2/c1-4-5-6-19-87-35-14-11-30(12-15-35)29-7-9-31(10-8-29)56-66-67-57(88-56)42-18-17-41(92-42)53(81)62-36-21-33(71)24-61-55(83)47-48(76)27(2)25-69(47)59(85)45(39(74)23-43(60)75)64-54(82)46(50(78)49(77)32-13-16-38(73)40(20-32)89-93-91-90-86)65-52(80)37-22-34(72)26-68(37)58(84)44(28(3)70)63-51(36)79/h7-18,20,27-28,33-34,36-37,39,44-50,70-74,76-78,86H,4-6,19,21-26H2,1-3H3,(H2,60,75)(H,61,83)(H,62,81)(H,63,79)(H,64,82)(H,65,80). The Hall–Kier alpha value is -8.39. The second kappa shape index (κ2) is 32.0. The summed E-state index contributed by atoms with van der Waals surface area (Å²) in [5.74, 6) is -11.1. The number of phenols is 1. The average molecular weight is 1340 g/mol. The highest BCUT2D eigenvalue weighted by Gasteiger charge is 2.50. The summed E-state index contributed by atoms with van der Waals surface area (Å²) < 4.78 is 21.1. The number of phenolic OH excluding ortho intramolecular Hbond substituents is 1. The first-order valence-corrected chi connectivity index (χ1v) is 30.9. The molecule has 32 nitrogen and oxygen atoms in total. The van der Waals surface area contributed by atoms with E-state index in [1.807, 2.05) is 36.4 Å². The highest BCUT2D eigenvalue weighted by atomic mass is 32.2. The fraction of sp³-hybridized carbons (Fsp3) is 0.458. The predicted molar refractivity (Wildman–Crippen MR) is 325 cm³/mol. The van der Waals surface area contributed by atoms with Crippen LogP contribution < -0.4 is 41.2 Å². The van der Waals surface area contributed by atoms with Crippen LogP contribution in [-0.4, -0.2) is 212 Å². The molecule has 93 heavy (non-hydrogen) atoms. The molecular weight excluding hydrogens is 1260 g/mol. The molecule has 8 amide bonds. The van der Waals surface area contributed by atoms with Gasteiger partial charge in [-0.2, -0.15) is 0 Å². The number of nitrogens with one attached hydrogen (secondary N) is 5. The highest BCUT2D eigenvalue weighted by Crippen LogP contribution is 2.35. The first-order valence-electron chi connectivity index (χ1n) is 29.4. The number of aromatic nitrogens is 2. The molecule has 34 heteroatoms. The van der Waals surface area contributed by atoms with Gasteiger partial charge < -0.3 is 96.3 Å². The first-order chi connectivity index (χ1) is 44.4. The van der Waals surface area contributed by atoms with Gasteiger partial charge >= 0.3 is 0 Å². The van der Waals surface area contributed by atoms with E-state index in [0.29, 0.717) is 17.0 Å². The van der Waals surface area contributed by atoms with Crippen molar-refractivity contribution in [2.24, 2.45) is 11.7 Å². The van der Waals surface area contributed by atoms with E-state index in [-0.39, 0.29) is 34.5 Å². The summed E-state index contributed by atoms with van der Waals surface area (Å²) in [6.45, 7) is 3.40. The van der Waals surface area contributed by atoms with E-state index in [2.05, 4.69) is 53.1 Å². The van der Waals surface area contributed by atoms with E-state index in [1.165, 1.54) is 19.1 Å². The van der Waals surface area contributed by atoms with Gasteiger partial charge in [0.1, 0.15) is 54.2 Å². The van der Waals surface area contributed by atoms with E-state index >= 15 is 0 Å². The third kappa shape index (κ3) is 17.5. The maximum Gasteiger partial charge on any atom is 0.262 e. The molecule has 3 aliphatic heterocycles. The Balaban J connectivity index is 1.07. The molecule has 502 valence electrons. The first kappa shape index (κ1) is 70.5. The maximum atomic E-state index is 14.7. The van der Waals surface area contributed by atoms with Gasteiger partial charge in [0.15, 0.2) is 11.5 Å². The number of hydrogen-bond acceptors (Lipinski definition) is 26. The molecule has 16 N–H and O–H groups in total. The summed E-state index contributed by atoms with van der Waals surface area (Å²) >= 11 is 0.841. The van der Waals surface area contributed by atoms with Crippen molar-refractivity contribution >= 4 is 70.9 Å². The number of fused-ring (bicyclic) bond motifs is 2. The largest absolute Gasteiger partial charge is 0.504 e. The number of ether oxygens (including phenoxy) is 1. The van der Waals surface area contributed by atoms with Crippen LogP contribution in [0.5, 0.6) is 17.2 Å². The summed E-state index contributed by atoms with van der Waals surface area (Å²) in [4.78, 5) is 116. The van der Waals surface area contributed by atoms with Crippen molar-refractivity contribution in [3.05, 3.63) is 89.3 Å². The lowest BCUT2D eigenvalue weighted by Gasteiger charge is -2.34. The summed E-state index contributed by atoms with van der Waals surface area (Å²) in [6, 6.07) is 8.50. The molecule has 3 aromatic carbocycles. The van der Waals surface area contributed by atoms with Crippen LogP contribution in [0.1, 0.15) is 80.6 Å². The number of aromatic hydroxyl groups is 1. The minimum atomic E-state index is -2.54. The predicted octanol–water partition coefficient (Wildman–Crippen LogP) is -0.915. The van der Waals surface area contributed by atoms with Crippen LogP contribution in [0.4, 0.5) is 0 Å². The smallest absolute Gasteiger partial charge is 0.262 e. The number of nitrogens with two attached hydrogens (primary N) is 1. The molecule has 3 fully saturated rings. The van der Waals surface area contributed by atoms with Gasteiger partial charge in [-0.25, -0.2) is 5.26 Å². The van der Waals surface area contributed by atoms with Crippen molar-refractivity contribution in [2.75, 3.05) is 26.2 Å². The topological polar surface area (TPSA) is 487 Å². The number of rotatable bonds is 21. The van der Waals surface area contributed by atoms with Crippen LogP contribution in [0.25, 0.3) is 33.3 Å². The zero-order valence-electron chi connectivity index (χ0n) is 50.2. The summed E-state index contributed by atoms with van der Waals surface area (Å²) in [6.07, 6.45) is -13.1. The summed E-state index contributed by atoms with van der Waals surface area (Å²) in [7, 11) is 0. The van der Waals surface area contributed by atoms with Gasteiger partial charge in [0.05, 0.1) is 53.3 Å². The second-order valence-electron chi connectivity index (χ2n) is 22.6. The zero-order chi connectivity index (χ0) is 67.4. The number of amides is 8. The van der Waals surface area contributed by atoms with Gasteiger partial charge in [0, 0.05) is 44.0 Å². The third-order valence-electron chi connectivity index (χ3n) is 15.7. The van der Waals surface area contributed by atoms with Crippen molar-refractivity contribution in [2.45, 2.75) is 138 Å². The number of aliphatic hydroxyl groups excluding tert-OH is 7. The van der Waals surface area contributed by atoms with E-state index in [0.717, 1.165) is 82.4 Å². The summed E-state index contributed by atoms with van der Waals surface area (Å²) in [5, 5.41) is 122. The highest BCUT2D eigenvalue weighted by molar-refractivity contribution is 7.90. The molecular formula is C59H72N10O22S2. The zero-order valence-corrected chi connectivity index (χ0v) is 51.8. The van der Waals surface area contributed by atoms with Gasteiger partial charge in [-0.3, -0.25) is 38.4 Å². The normalized spacial score (nSPS) is 24.8. The number of β-amino-alcohol motifs (C(OH)–C–C–N with tert-alkyl or cyclic N) is 1. The fourth-order valence-corrected chi connectivity index (χ4v) is 11.9. The minimum Gasteiger partial charge on any atom is -0.504 e. The molecule has 0 radical (unpaired) electrons. The van der Waals surface area contributed by atoms with Crippen LogP contribution >= 0.6 is 23.7 Å². The van der Waals surface area contributed by atoms with Crippen LogP contribution in [0.3, 0.4) is 0 Å². The Labute approximate surface area is 538 Å². The lowest BCUT2D eigenvalue weighted by molar-refractivity contribution is -0.433. The fourth-order valence-electron chi connectivity index (χ4n) is 10.8. The number of hydrogen-bond donors (Lipinski definition) is 15. The molecule has 14 atom stereocenters. The minimum absolute atomic E-state index is 0.0236. The van der Waals surface area contributed by atoms with E-state index in [9.17, 15) is 79.2 Å². The van der Waals surface area contributed by atoms with E-state index in [4.69, 9.17) is 24.3 Å². The molecule has 8 rings (SSSR count). The Morgan fingerprint density at radius 1 is 0.785 bits per heavy atom. The van der Waals surface area contributed by atoms with Crippen LogP contribution in [-0.2, 0) is 42.9 Å². The molecule has 0 spiro atoms. The lowest BCUT2D eigenvalue weighted by atomic mass is 9.96. The molecule has 2 aromatic heterocycles. The summed E-state index contributed by atoms with van der Waals surface area (Å²) in [5.41, 5.74) is 7.49. The molecule has 3 saturated heterocycles. The number of benzene rings is 3. The maximum absolute atomic E-state index is 14.7. The van der Waals surface area contributed by atoms with Crippen LogP contribution in [0.2, 0.25) is 0 Å². The number of carbonyl (C=O) groups excluding carboxylic acids is 8. The van der Waals surface area contributed by atoms with Gasteiger partial charge in [-0.1, -0.05) is 66.4 Å². The molecule has 5 aromatic rings.